The molecule has 0 aromatic heterocycles. The number of carbonyl (C=O) groups excluding carboxylic acids is 1. The lowest BCUT2D eigenvalue weighted by atomic mass is 10.0. The SMILES string of the molecule is NC(=O)C(CCc1ccccc1)NCCc1cccc(O)c1. The minimum atomic E-state index is -0.336. The maximum Gasteiger partial charge on any atom is 0.234 e. The zero-order valence-corrected chi connectivity index (χ0v) is 12.5. The van der Waals surface area contributed by atoms with Crippen LogP contribution < -0.4 is 11.1 Å². The smallest absolute Gasteiger partial charge is 0.234 e. The molecule has 1 atom stereocenters. The second-order valence-corrected chi connectivity index (χ2v) is 5.35. The first-order chi connectivity index (χ1) is 10.6. The molecule has 0 bridgehead atoms. The summed E-state index contributed by atoms with van der Waals surface area (Å²) in [4.78, 5) is 11.5. The van der Waals surface area contributed by atoms with Crippen LogP contribution in [-0.2, 0) is 17.6 Å². The third-order valence-corrected chi connectivity index (χ3v) is 3.62. The molecule has 4 heteroatoms. The Morgan fingerprint density at radius 3 is 2.45 bits per heavy atom. The number of nitrogens with two attached hydrogens (primary N) is 1. The molecule has 0 saturated heterocycles. The number of primary amides is 1. The Kier molecular flexibility index (Phi) is 5.98. The fourth-order valence-corrected chi connectivity index (χ4v) is 2.40. The molecule has 1 unspecified atom stereocenters. The Bertz CT molecular complexity index is 599. The third-order valence-electron chi connectivity index (χ3n) is 3.62. The van der Waals surface area contributed by atoms with Crippen molar-refractivity contribution in [1.82, 2.24) is 5.32 Å². The van der Waals surface area contributed by atoms with Crippen LogP contribution in [0.1, 0.15) is 17.5 Å². The van der Waals surface area contributed by atoms with Crippen LogP contribution in [0.15, 0.2) is 54.6 Å². The Hall–Kier alpha value is -2.33. The summed E-state index contributed by atoms with van der Waals surface area (Å²) >= 11 is 0. The Morgan fingerprint density at radius 1 is 1.05 bits per heavy atom. The molecular formula is C18H22N2O2. The van der Waals surface area contributed by atoms with Crippen molar-refractivity contribution in [3.8, 4) is 5.75 Å². The number of hydrogen-bond donors (Lipinski definition) is 3. The van der Waals surface area contributed by atoms with Crippen molar-refractivity contribution in [1.29, 1.82) is 0 Å². The fourth-order valence-electron chi connectivity index (χ4n) is 2.40. The molecule has 1 amide bonds. The number of phenolic OH excluding ortho intramolecular Hbond substituents is 1. The highest BCUT2D eigenvalue weighted by molar-refractivity contribution is 5.79. The average Bonchev–Trinajstić information content (AvgIpc) is 2.51. The van der Waals surface area contributed by atoms with E-state index in [0.717, 1.165) is 18.4 Å². The van der Waals surface area contributed by atoms with E-state index in [0.29, 0.717) is 13.0 Å². The van der Waals surface area contributed by atoms with Gasteiger partial charge in [-0.15, -0.1) is 0 Å². The number of rotatable bonds is 8. The van der Waals surface area contributed by atoms with Gasteiger partial charge in [-0.05, 0) is 49.1 Å². The van der Waals surface area contributed by atoms with Crippen LogP contribution in [-0.4, -0.2) is 23.6 Å². The van der Waals surface area contributed by atoms with Crippen molar-refractivity contribution in [2.24, 2.45) is 5.73 Å². The molecule has 116 valence electrons. The first-order valence-corrected chi connectivity index (χ1v) is 7.49. The van der Waals surface area contributed by atoms with Gasteiger partial charge in [0.2, 0.25) is 5.91 Å². The molecule has 2 aromatic rings. The molecule has 0 saturated carbocycles. The topological polar surface area (TPSA) is 75.4 Å². The maximum atomic E-state index is 11.5. The van der Waals surface area contributed by atoms with Gasteiger partial charge >= 0.3 is 0 Å². The van der Waals surface area contributed by atoms with Gasteiger partial charge in [-0.3, -0.25) is 4.79 Å². The second kappa shape index (κ2) is 8.20. The lowest BCUT2D eigenvalue weighted by molar-refractivity contribution is -0.120. The number of phenols is 1. The molecule has 0 heterocycles. The van der Waals surface area contributed by atoms with Crippen LogP contribution >= 0.6 is 0 Å². The van der Waals surface area contributed by atoms with E-state index >= 15 is 0 Å². The predicted molar refractivity (Wildman–Crippen MR) is 87.6 cm³/mol. The summed E-state index contributed by atoms with van der Waals surface area (Å²) in [7, 11) is 0. The number of aromatic hydroxyl groups is 1. The summed E-state index contributed by atoms with van der Waals surface area (Å²) in [5.74, 6) is -0.0696. The van der Waals surface area contributed by atoms with Crippen LogP contribution in [0, 0.1) is 0 Å². The van der Waals surface area contributed by atoms with E-state index in [1.54, 1.807) is 12.1 Å². The molecule has 4 nitrogen and oxygen atoms in total. The Balaban J connectivity index is 1.80. The van der Waals surface area contributed by atoms with Gasteiger partial charge < -0.3 is 16.2 Å². The van der Waals surface area contributed by atoms with E-state index in [1.807, 2.05) is 42.5 Å². The minimum Gasteiger partial charge on any atom is -0.508 e. The van der Waals surface area contributed by atoms with Crippen LogP contribution in [0.25, 0.3) is 0 Å². The van der Waals surface area contributed by atoms with E-state index in [2.05, 4.69) is 5.32 Å². The molecule has 22 heavy (non-hydrogen) atoms. The van der Waals surface area contributed by atoms with Gasteiger partial charge in [0, 0.05) is 0 Å². The molecule has 0 spiro atoms. The highest BCUT2D eigenvalue weighted by Gasteiger charge is 2.14. The lowest BCUT2D eigenvalue weighted by Crippen LogP contribution is -2.42. The van der Waals surface area contributed by atoms with Crippen molar-refractivity contribution in [3.05, 3.63) is 65.7 Å². The predicted octanol–water partition coefficient (Wildman–Crippen LogP) is 2.01. The lowest BCUT2D eigenvalue weighted by Gasteiger charge is -2.15. The number of carbonyl (C=O) groups is 1. The number of aryl methyl sites for hydroxylation is 1. The fraction of sp³-hybridized carbons (Fsp3) is 0.278. The van der Waals surface area contributed by atoms with Crippen molar-refractivity contribution in [2.45, 2.75) is 25.3 Å². The van der Waals surface area contributed by atoms with Gasteiger partial charge in [0.25, 0.3) is 0 Å². The van der Waals surface area contributed by atoms with E-state index in [-0.39, 0.29) is 17.7 Å². The van der Waals surface area contributed by atoms with Gasteiger partial charge in [-0.2, -0.15) is 0 Å². The number of hydrogen-bond acceptors (Lipinski definition) is 3. The number of benzene rings is 2. The molecule has 0 aliphatic heterocycles. The molecule has 2 aromatic carbocycles. The second-order valence-electron chi connectivity index (χ2n) is 5.35. The van der Waals surface area contributed by atoms with Gasteiger partial charge in [0.05, 0.1) is 6.04 Å². The van der Waals surface area contributed by atoms with E-state index in [1.165, 1.54) is 5.56 Å². The van der Waals surface area contributed by atoms with E-state index in [4.69, 9.17) is 5.73 Å². The quantitative estimate of drug-likeness (QED) is 0.698. The third kappa shape index (κ3) is 5.22. The van der Waals surface area contributed by atoms with E-state index in [9.17, 15) is 9.90 Å². The zero-order valence-electron chi connectivity index (χ0n) is 12.5. The molecule has 0 aliphatic carbocycles. The van der Waals surface area contributed by atoms with Gasteiger partial charge in [-0.1, -0.05) is 42.5 Å². The summed E-state index contributed by atoms with van der Waals surface area (Å²) < 4.78 is 0. The van der Waals surface area contributed by atoms with Gasteiger partial charge in [-0.25, -0.2) is 0 Å². The minimum absolute atomic E-state index is 0.257. The first-order valence-electron chi connectivity index (χ1n) is 7.49. The number of nitrogens with one attached hydrogen (secondary N) is 1. The van der Waals surface area contributed by atoms with Crippen LogP contribution in [0.2, 0.25) is 0 Å². The molecule has 4 N–H and O–H groups in total. The summed E-state index contributed by atoms with van der Waals surface area (Å²) in [6, 6.07) is 16.8. The van der Waals surface area contributed by atoms with Crippen LogP contribution in [0.4, 0.5) is 0 Å². The standard InChI is InChI=1S/C18H22N2O2/c19-18(22)17(10-9-14-5-2-1-3-6-14)20-12-11-15-7-4-8-16(21)13-15/h1-8,13,17,20-21H,9-12H2,(H2,19,22). The Morgan fingerprint density at radius 2 is 1.77 bits per heavy atom. The molecular weight excluding hydrogens is 276 g/mol. The first kappa shape index (κ1) is 16.0. The average molecular weight is 298 g/mol. The molecule has 2 rings (SSSR count). The molecule has 0 aliphatic rings. The maximum absolute atomic E-state index is 11.5. The van der Waals surface area contributed by atoms with Crippen molar-refractivity contribution < 1.29 is 9.90 Å². The highest BCUT2D eigenvalue weighted by Crippen LogP contribution is 2.11. The van der Waals surface area contributed by atoms with Crippen molar-refractivity contribution >= 4 is 5.91 Å². The summed E-state index contributed by atoms with van der Waals surface area (Å²) in [5, 5.41) is 12.6. The van der Waals surface area contributed by atoms with Crippen LogP contribution in [0.3, 0.4) is 0 Å². The van der Waals surface area contributed by atoms with E-state index < -0.39 is 0 Å². The summed E-state index contributed by atoms with van der Waals surface area (Å²) in [6.45, 7) is 0.645. The molecule has 0 radical (unpaired) electrons. The summed E-state index contributed by atoms with van der Waals surface area (Å²) in [6.07, 6.45) is 2.23. The highest BCUT2D eigenvalue weighted by atomic mass is 16.3. The van der Waals surface area contributed by atoms with Crippen LogP contribution in [0.5, 0.6) is 5.75 Å². The van der Waals surface area contributed by atoms with Gasteiger partial charge in [0.1, 0.15) is 5.75 Å². The molecule has 0 fully saturated rings. The van der Waals surface area contributed by atoms with Crippen molar-refractivity contribution in [2.75, 3.05) is 6.54 Å². The zero-order chi connectivity index (χ0) is 15.8. The number of amides is 1. The largest absolute Gasteiger partial charge is 0.508 e. The monoisotopic (exact) mass is 298 g/mol. The normalized spacial score (nSPS) is 12.0. The summed E-state index contributed by atoms with van der Waals surface area (Å²) in [5.41, 5.74) is 7.69. The van der Waals surface area contributed by atoms with Gasteiger partial charge in [0.15, 0.2) is 0 Å². The van der Waals surface area contributed by atoms with Crippen molar-refractivity contribution in [3.63, 3.8) is 0 Å². The Labute approximate surface area is 131 Å².